The van der Waals surface area contributed by atoms with Gasteiger partial charge in [0.2, 0.25) is 17.6 Å². The van der Waals surface area contributed by atoms with Gasteiger partial charge in [0, 0.05) is 24.8 Å². The van der Waals surface area contributed by atoms with Gasteiger partial charge in [-0.1, -0.05) is 29.6 Å². The van der Waals surface area contributed by atoms with Crippen molar-refractivity contribution in [2.45, 2.75) is 71.6 Å². The topological polar surface area (TPSA) is 87.1 Å². The Bertz CT molecular complexity index is 934. The first-order valence-corrected chi connectivity index (χ1v) is 10.5. The van der Waals surface area contributed by atoms with Gasteiger partial charge in [-0.25, -0.2) is 0 Å². The summed E-state index contributed by atoms with van der Waals surface area (Å²) in [7, 11) is 0. The zero-order valence-electron chi connectivity index (χ0n) is 17.4. The number of benzene rings is 1. The van der Waals surface area contributed by atoms with Gasteiger partial charge in [-0.3, -0.25) is 0 Å². The molecular formula is C22H28N4O3. The molecule has 0 amide bonds. The van der Waals surface area contributed by atoms with Crippen molar-refractivity contribution in [2.75, 3.05) is 6.61 Å². The highest BCUT2D eigenvalue weighted by molar-refractivity contribution is 5.60. The molecule has 1 saturated carbocycles. The highest BCUT2D eigenvalue weighted by Gasteiger charge is 2.20. The van der Waals surface area contributed by atoms with Gasteiger partial charge in [0.05, 0.1) is 6.61 Å². The van der Waals surface area contributed by atoms with Crippen LogP contribution >= 0.6 is 0 Å². The van der Waals surface area contributed by atoms with Crippen molar-refractivity contribution in [3.05, 3.63) is 40.9 Å². The molecule has 7 nitrogen and oxygen atoms in total. The lowest BCUT2D eigenvalue weighted by molar-refractivity contribution is 0.294. The van der Waals surface area contributed by atoms with E-state index in [1.54, 1.807) is 6.92 Å². The third kappa shape index (κ3) is 4.66. The van der Waals surface area contributed by atoms with E-state index >= 15 is 0 Å². The number of hydrogen-bond donors (Lipinski definition) is 0. The second-order valence-electron chi connectivity index (χ2n) is 7.91. The van der Waals surface area contributed by atoms with Crippen LogP contribution < -0.4 is 4.74 Å². The van der Waals surface area contributed by atoms with Crippen molar-refractivity contribution >= 4 is 0 Å². The van der Waals surface area contributed by atoms with Crippen LogP contribution in [-0.4, -0.2) is 26.9 Å². The van der Waals surface area contributed by atoms with Gasteiger partial charge in [0.1, 0.15) is 5.75 Å². The van der Waals surface area contributed by atoms with Crippen LogP contribution in [0.15, 0.2) is 21.2 Å². The van der Waals surface area contributed by atoms with E-state index in [0.29, 0.717) is 30.1 Å². The first-order valence-electron chi connectivity index (χ1n) is 10.5. The molecule has 0 spiro atoms. The van der Waals surface area contributed by atoms with Crippen molar-refractivity contribution in [3.63, 3.8) is 0 Å². The number of ether oxygens (including phenoxy) is 1. The fourth-order valence-corrected chi connectivity index (χ4v) is 4.02. The Hall–Kier alpha value is -2.70. The molecule has 4 rings (SSSR count). The second-order valence-corrected chi connectivity index (χ2v) is 7.91. The molecule has 0 unspecified atom stereocenters. The Morgan fingerprint density at radius 3 is 2.41 bits per heavy atom. The van der Waals surface area contributed by atoms with Crippen LogP contribution in [0, 0.1) is 20.8 Å². The smallest absolute Gasteiger partial charge is 0.226 e. The Labute approximate surface area is 170 Å². The number of aromatic nitrogens is 4. The lowest BCUT2D eigenvalue weighted by atomic mass is 9.89. The first kappa shape index (κ1) is 19.6. The van der Waals surface area contributed by atoms with Crippen LogP contribution in [0.3, 0.4) is 0 Å². The molecule has 0 bridgehead atoms. The summed E-state index contributed by atoms with van der Waals surface area (Å²) in [6.07, 6.45) is 7.79. The lowest BCUT2D eigenvalue weighted by Crippen LogP contribution is -2.06. The fraction of sp³-hybridized carbons (Fsp3) is 0.545. The highest BCUT2D eigenvalue weighted by Crippen LogP contribution is 2.31. The summed E-state index contributed by atoms with van der Waals surface area (Å²) in [4.78, 5) is 8.90. The zero-order valence-corrected chi connectivity index (χ0v) is 17.4. The standard InChI is InChI=1S/C22H28N4O3/c1-14-12-18(22-23-16(3)28-25-22)13-15(2)20(14)27-11-7-10-19-24-21(26-29-19)17-8-5-4-6-9-17/h12-13,17H,4-11H2,1-3H3. The van der Waals surface area contributed by atoms with E-state index in [-0.39, 0.29) is 0 Å². The van der Waals surface area contributed by atoms with Crippen LogP contribution in [-0.2, 0) is 6.42 Å². The minimum atomic E-state index is 0.476. The van der Waals surface area contributed by atoms with Gasteiger partial charge in [0.25, 0.3) is 0 Å². The number of rotatable bonds is 7. The molecule has 0 radical (unpaired) electrons. The van der Waals surface area contributed by atoms with Gasteiger partial charge in [-0.15, -0.1) is 0 Å². The SMILES string of the molecule is Cc1nc(-c2cc(C)c(OCCCc3nc(C4CCCCC4)no3)c(C)c2)no1. The Morgan fingerprint density at radius 2 is 1.72 bits per heavy atom. The maximum Gasteiger partial charge on any atom is 0.226 e. The van der Waals surface area contributed by atoms with E-state index in [1.807, 2.05) is 26.0 Å². The molecule has 2 aromatic heterocycles. The number of hydrogen-bond acceptors (Lipinski definition) is 7. The third-order valence-corrected chi connectivity index (χ3v) is 5.48. The molecule has 1 aromatic carbocycles. The van der Waals surface area contributed by atoms with Crippen molar-refractivity contribution < 1.29 is 13.8 Å². The molecule has 3 aromatic rings. The normalized spacial score (nSPS) is 15.0. The highest BCUT2D eigenvalue weighted by atomic mass is 16.5. The molecule has 7 heteroatoms. The van der Waals surface area contributed by atoms with Crippen LogP contribution in [0.1, 0.15) is 73.2 Å². The molecular weight excluding hydrogens is 368 g/mol. The van der Waals surface area contributed by atoms with Gasteiger partial charge >= 0.3 is 0 Å². The van der Waals surface area contributed by atoms with E-state index in [4.69, 9.17) is 13.8 Å². The molecule has 2 heterocycles. The monoisotopic (exact) mass is 396 g/mol. The molecule has 29 heavy (non-hydrogen) atoms. The van der Waals surface area contributed by atoms with Crippen molar-refractivity contribution in [3.8, 4) is 17.1 Å². The van der Waals surface area contributed by atoms with Crippen LogP contribution in [0.4, 0.5) is 0 Å². The van der Waals surface area contributed by atoms with Gasteiger partial charge in [-0.05, 0) is 56.4 Å². The quantitative estimate of drug-likeness (QED) is 0.513. The van der Waals surface area contributed by atoms with Crippen molar-refractivity contribution in [2.24, 2.45) is 0 Å². The van der Waals surface area contributed by atoms with Gasteiger partial charge in [-0.2, -0.15) is 9.97 Å². The van der Waals surface area contributed by atoms with E-state index in [0.717, 1.165) is 41.1 Å². The largest absolute Gasteiger partial charge is 0.493 e. The van der Waals surface area contributed by atoms with Gasteiger partial charge in [0.15, 0.2) is 5.82 Å². The Kier molecular flexibility index (Phi) is 5.92. The van der Waals surface area contributed by atoms with Crippen LogP contribution in [0.25, 0.3) is 11.4 Å². The summed E-state index contributed by atoms with van der Waals surface area (Å²) < 4.78 is 16.6. The van der Waals surface area contributed by atoms with E-state index in [2.05, 4.69) is 20.3 Å². The van der Waals surface area contributed by atoms with Crippen molar-refractivity contribution in [1.29, 1.82) is 0 Å². The maximum absolute atomic E-state index is 6.05. The molecule has 0 atom stereocenters. The fourth-order valence-electron chi connectivity index (χ4n) is 4.02. The van der Waals surface area contributed by atoms with Gasteiger partial charge < -0.3 is 13.8 Å². The first-order chi connectivity index (χ1) is 14.1. The predicted molar refractivity (Wildman–Crippen MR) is 108 cm³/mol. The van der Waals surface area contributed by atoms with Crippen LogP contribution in [0.2, 0.25) is 0 Å². The summed E-state index contributed by atoms with van der Waals surface area (Å²) in [6.45, 7) is 6.46. The maximum atomic E-state index is 6.05. The predicted octanol–water partition coefficient (Wildman–Crippen LogP) is 5.10. The molecule has 0 N–H and O–H groups in total. The van der Waals surface area contributed by atoms with Crippen LogP contribution in [0.5, 0.6) is 5.75 Å². The average Bonchev–Trinajstić information content (AvgIpc) is 3.36. The molecule has 1 fully saturated rings. The Balaban J connectivity index is 1.31. The summed E-state index contributed by atoms with van der Waals surface area (Å²) in [5.41, 5.74) is 3.05. The average molecular weight is 396 g/mol. The van der Waals surface area contributed by atoms with E-state index in [1.165, 1.54) is 32.1 Å². The summed E-state index contributed by atoms with van der Waals surface area (Å²) in [5.74, 6) is 4.14. The van der Waals surface area contributed by atoms with E-state index < -0.39 is 0 Å². The molecule has 1 aliphatic rings. The summed E-state index contributed by atoms with van der Waals surface area (Å²) in [6, 6.07) is 4.06. The molecule has 154 valence electrons. The summed E-state index contributed by atoms with van der Waals surface area (Å²) >= 11 is 0. The number of aryl methyl sites for hydroxylation is 4. The molecule has 1 aliphatic carbocycles. The second kappa shape index (κ2) is 8.76. The third-order valence-electron chi connectivity index (χ3n) is 5.48. The minimum Gasteiger partial charge on any atom is -0.493 e. The van der Waals surface area contributed by atoms with E-state index in [9.17, 15) is 0 Å². The molecule has 0 saturated heterocycles. The lowest BCUT2D eigenvalue weighted by Gasteiger charge is -2.17. The minimum absolute atomic E-state index is 0.476. The summed E-state index contributed by atoms with van der Waals surface area (Å²) in [5, 5.41) is 8.19. The molecule has 0 aliphatic heterocycles. The zero-order chi connectivity index (χ0) is 20.2. The van der Waals surface area contributed by atoms with Crippen molar-refractivity contribution in [1.82, 2.24) is 20.3 Å². The Morgan fingerprint density at radius 1 is 0.966 bits per heavy atom. The number of nitrogens with zero attached hydrogens (tertiary/aromatic N) is 4.